The first-order chi connectivity index (χ1) is 8.19. The van der Waals surface area contributed by atoms with Crippen LogP contribution >= 0.6 is 15.9 Å². The highest BCUT2D eigenvalue weighted by Gasteiger charge is 2.08. The molecule has 1 aromatic heterocycles. The van der Waals surface area contributed by atoms with Gasteiger partial charge in [-0.2, -0.15) is 0 Å². The van der Waals surface area contributed by atoms with Crippen molar-refractivity contribution in [2.75, 3.05) is 5.32 Å². The molecule has 86 valence electrons. The maximum Gasteiger partial charge on any atom is 0.272 e. The minimum atomic E-state index is -0.281. The van der Waals surface area contributed by atoms with Crippen LogP contribution in [0.5, 0.6) is 0 Å². The SMILES string of the molecule is O=Cc1ccc(C(=O)Nc2cccc(Br)c2)[nH]1. The van der Waals surface area contributed by atoms with Crippen molar-refractivity contribution < 1.29 is 9.59 Å². The van der Waals surface area contributed by atoms with Gasteiger partial charge in [0.25, 0.3) is 5.91 Å². The molecular weight excluding hydrogens is 284 g/mol. The third kappa shape index (κ3) is 2.82. The van der Waals surface area contributed by atoms with Crippen molar-refractivity contribution in [1.29, 1.82) is 0 Å². The molecule has 5 heteroatoms. The molecule has 0 bridgehead atoms. The lowest BCUT2D eigenvalue weighted by Gasteiger charge is -2.03. The van der Waals surface area contributed by atoms with Crippen LogP contribution in [0.2, 0.25) is 0 Å². The Bertz CT molecular complexity index is 563. The molecule has 4 nitrogen and oxygen atoms in total. The molecule has 17 heavy (non-hydrogen) atoms. The van der Waals surface area contributed by atoms with Crippen molar-refractivity contribution >= 4 is 33.8 Å². The molecule has 0 fully saturated rings. The van der Waals surface area contributed by atoms with E-state index in [0.717, 1.165) is 4.47 Å². The second-order valence-electron chi connectivity index (χ2n) is 3.41. The molecular formula is C12H9BrN2O2. The Morgan fingerprint density at radius 3 is 2.76 bits per heavy atom. The minimum absolute atomic E-state index is 0.281. The molecule has 0 radical (unpaired) electrons. The number of hydrogen-bond acceptors (Lipinski definition) is 2. The van der Waals surface area contributed by atoms with Gasteiger partial charge >= 0.3 is 0 Å². The fourth-order valence-corrected chi connectivity index (χ4v) is 1.78. The monoisotopic (exact) mass is 292 g/mol. The highest BCUT2D eigenvalue weighted by atomic mass is 79.9. The standard InChI is InChI=1S/C12H9BrN2O2/c13-8-2-1-3-9(6-8)15-12(17)11-5-4-10(7-16)14-11/h1-7,14H,(H,15,17). The second kappa shape index (κ2) is 4.97. The number of rotatable bonds is 3. The van der Waals surface area contributed by atoms with Crippen molar-refractivity contribution in [2.45, 2.75) is 0 Å². The Morgan fingerprint density at radius 1 is 1.29 bits per heavy atom. The first-order valence-electron chi connectivity index (χ1n) is 4.90. The molecule has 2 N–H and O–H groups in total. The molecule has 1 aromatic carbocycles. The van der Waals surface area contributed by atoms with Gasteiger partial charge in [-0.1, -0.05) is 22.0 Å². The van der Waals surface area contributed by atoms with Crippen LogP contribution in [0.25, 0.3) is 0 Å². The molecule has 0 spiro atoms. The molecule has 0 saturated heterocycles. The van der Waals surface area contributed by atoms with Gasteiger partial charge in [0.1, 0.15) is 5.69 Å². The molecule has 0 aliphatic heterocycles. The van der Waals surface area contributed by atoms with E-state index in [4.69, 9.17) is 0 Å². The fourth-order valence-electron chi connectivity index (χ4n) is 1.38. The molecule has 0 atom stereocenters. The van der Waals surface area contributed by atoms with Crippen molar-refractivity contribution in [1.82, 2.24) is 4.98 Å². The first kappa shape index (κ1) is 11.6. The van der Waals surface area contributed by atoms with Crippen LogP contribution in [0.1, 0.15) is 21.0 Å². The van der Waals surface area contributed by atoms with Gasteiger partial charge in [0.05, 0.1) is 5.69 Å². The zero-order valence-corrected chi connectivity index (χ0v) is 10.3. The van der Waals surface area contributed by atoms with E-state index in [9.17, 15) is 9.59 Å². The number of benzene rings is 1. The normalized spacial score (nSPS) is 9.94. The Hall–Kier alpha value is -1.88. The maximum atomic E-state index is 11.8. The average Bonchev–Trinajstić information content (AvgIpc) is 2.77. The van der Waals surface area contributed by atoms with Gasteiger partial charge in [-0.15, -0.1) is 0 Å². The van der Waals surface area contributed by atoms with Gasteiger partial charge in [-0.25, -0.2) is 0 Å². The van der Waals surface area contributed by atoms with Gasteiger partial charge in [0, 0.05) is 10.2 Å². The van der Waals surface area contributed by atoms with E-state index in [1.165, 1.54) is 0 Å². The smallest absolute Gasteiger partial charge is 0.272 e. The molecule has 1 amide bonds. The van der Waals surface area contributed by atoms with Crippen LogP contribution in [0.3, 0.4) is 0 Å². The summed E-state index contributed by atoms with van der Waals surface area (Å²) in [5, 5.41) is 2.72. The topological polar surface area (TPSA) is 62.0 Å². The van der Waals surface area contributed by atoms with Gasteiger partial charge in [0.15, 0.2) is 6.29 Å². The quantitative estimate of drug-likeness (QED) is 0.855. The highest BCUT2D eigenvalue weighted by molar-refractivity contribution is 9.10. The Morgan fingerprint density at radius 2 is 2.12 bits per heavy atom. The predicted octanol–water partition coefficient (Wildman–Crippen LogP) is 2.84. The summed E-state index contributed by atoms with van der Waals surface area (Å²) in [5.74, 6) is -0.281. The predicted molar refractivity (Wildman–Crippen MR) is 68.3 cm³/mol. The summed E-state index contributed by atoms with van der Waals surface area (Å²) in [6, 6.07) is 10.4. The van der Waals surface area contributed by atoms with Crippen molar-refractivity contribution in [3.63, 3.8) is 0 Å². The Labute approximate surface area is 106 Å². The second-order valence-corrected chi connectivity index (χ2v) is 4.33. The van der Waals surface area contributed by atoms with Crippen LogP contribution in [0.15, 0.2) is 40.9 Å². The van der Waals surface area contributed by atoms with E-state index in [1.807, 2.05) is 12.1 Å². The zero-order valence-electron chi connectivity index (χ0n) is 8.74. The number of H-pyrrole nitrogens is 1. The van der Waals surface area contributed by atoms with Crippen LogP contribution in [0, 0.1) is 0 Å². The Balaban J connectivity index is 2.14. The molecule has 0 aliphatic rings. The van der Waals surface area contributed by atoms with Crippen molar-refractivity contribution in [3.8, 4) is 0 Å². The average molecular weight is 293 g/mol. The van der Waals surface area contributed by atoms with Crippen LogP contribution in [-0.2, 0) is 0 Å². The van der Waals surface area contributed by atoms with Gasteiger partial charge in [0.2, 0.25) is 0 Å². The maximum absolute atomic E-state index is 11.8. The molecule has 1 heterocycles. The molecule has 2 aromatic rings. The van der Waals surface area contributed by atoms with Crippen molar-refractivity contribution in [3.05, 3.63) is 52.3 Å². The van der Waals surface area contributed by atoms with E-state index < -0.39 is 0 Å². The van der Waals surface area contributed by atoms with Gasteiger partial charge in [-0.3, -0.25) is 9.59 Å². The summed E-state index contributed by atoms with van der Waals surface area (Å²) in [6.45, 7) is 0. The number of anilines is 1. The summed E-state index contributed by atoms with van der Waals surface area (Å²) >= 11 is 3.32. The number of aldehydes is 1. The van der Waals surface area contributed by atoms with Gasteiger partial charge in [-0.05, 0) is 30.3 Å². The fraction of sp³-hybridized carbons (Fsp3) is 0. The summed E-state index contributed by atoms with van der Waals surface area (Å²) in [4.78, 5) is 25.0. The number of hydrogen-bond donors (Lipinski definition) is 2. The number of amides is 1. The van der Waals surface area contributed by atoms with E-state index in [0.29, 0.717) is 23.4 Å². The summed E-state index contributed by atoms with van der Waals surface area (Å²) in [7, 11) is 0. The van der Waals surface area contributed by atoms with E-state index in [1.54, 1.807) is 24.3 Å². The number of carbonyl (C=O) groups excluding carboxylic acids is 2. The Kier molecular flexibility index (Phi) is 3.39. The van der Waals surface area contributed by atoms with Gasteiger partial charge < -0.3 is 10.3 Å². The summed E-state index contributed by atoms with van der Waals surface area (Å²) < 4.78 is 0.885. The zero-order chi connectivity index (χ0) is 12.3. The lowest BCUT2D eigenvalue weighted by Crippen LogP contribution is -2.12. The van der Waals surface area contributed by atoms with E-state index in [-0.39, 0.29) is 5.91 Å². The van der Waals surface area contributed by atoms with Crippen LogP contribution < -0.4 is 5.32 Å². The largest absolute Gasteiger partial charge is 0.348 e. The molecule has 0 saturated carbocycles. The number of halogens is 1. The van der Waals surface area contributed by atoms with Crippen LogP contribution in [-0.4, -0.2) is 17.2 Å². The lowest BCUT2D eigenvalue weighted by molar-refractivity contribution is 0.102. The number of nitrogens with one attached hydrogen (secondary N) is 2. The van der Waals surface area contributed by atoms with Crippen molar-refractivity contribution in [2.24, 2.45) is 0 Å². The summed E-state index contributed by atoms with van der Waals surface area (Å²) in [6.07, 6.45) is 0.663. The molecule has 0 aliphatic carbocycles. The third-order valence-corrected chi connectivity index (χ3v) is 2.66. The third-order valence-electron chi connectivity index (χ3n) is 2.16. The van der Waals surface area contributed by atoms with Crippen LogP contribution in [0.4, 0.5) is 5.69 Å². The lowest BCUT2D eigenvalue weighted by atomic mass is 10.3. The number of aromatic nitrogens is 1. The minimum Gasteiger partial charge on any atom is -0.348 e. The number of aromatic amines is 1. The molecule has 0 unspecified atom stereocenters. The highest BCUT2D eigenvalue weighted by Crippen LogP contribution is 2.16. The number of carbonyl (C=O) groups is 2. The summed E-state index contributed by atoms with van der Waals surface area (Å²) in [5.41, 5.74) is 1.42. The molecule has 2 rings (SSSR count). The van der Waals surface area contributed by atoms with E-state index >= 15 is 0 Å². The van der Waals surface area contributed by atoms with E-state index in [2.05, 4.69) is 26.2 Å². The first-order valence-corrected chi connectivity index (χ1v) is 5.69.